The Balaban J connectivity index is 1.91. The lowest BCUT2D eigenvalue weighted by atomic mass is 9.79. The van der Waals surface area contributed by atoms with Gasteiger partial charge in [-0.05, 0) is 50.2 Å². The number of pyridine rings is 1. The molecule has 1 N–H and O–H groups in total. The van der Waals surface area contributed by atoms with Crippen LogP contribution in [0, 0.1) is 12.8 Å². The van der Waals surface area contributed by atoms with Crippen molar-refractivity contribution in [1.29, 1.82) is 0 Å². The third-order valence-corrected chi connectivity index (χ3v) is 6.56. The lowest BCUT2D eigenvalue weighted by Gasteiger charge is -2.55. The lowest BCUT2D eigenvalue weighted by Crippen LogP contribution is -2.65. The predicted molar refractivity (Wildman–Crippen MR) is 113 cm³/mol. The number of aromatic nitrogens is 1. The van der Waals surface area contributed by atoms with E-state index in [1.54, 1.807) is 9.58 Å². The normalized spacial score (nSPS) is 23.1. The molecule has 0 aliphatic carbocycles. The van der Waals surface area contributed by atoms with Crippen molar-refractivity contribution in [2.24, 2.45) is 5.92 Å². The summed E-state index contributed by atoms with van der Waals surface area (Å²) in [5, 5.41) is 12.5. The number of fused-ring (bicyclic) bond motifs is 3. The van der Waals surface area contributed by atoms with E-state index < -0.39 is 23.5 Å². The molecule has 2 aromatic rings. The first-order chi connectivity index (χ1) is 14.8. The molecule has 0 radical (unpaired) electrons. The van der Waals surface area contributed by atoms with Crippen LogP contribution >= 0.6 is 0 Å². The number of amides is 1. The molecule has 0 bridgehead atoms. The summed E-state index contributed by atoms with van der Waals surface area (Å²) in [7, 11) is 0. The summed E-state index contributed by atoms with van der Waals surface area (Å²) in [5.74, 6) is -1.04. The summed E-state index contributed by atoms with van der Waals surface area (Å²) in [5.41, 5.74) is 1.34. The van der Waals surface area contributed by atoms with Gasteiger partial charge in [0.15, 0.2) is 11.4 Å². The van der Waals surface area contributed by atoms with Crippen molar-refractivity contribution in [3.8, 4) is 5.75 Å². The van der Waals surface area contributed by atoms with E-state index in [1.807, 2.05) is 43.1 Å². The van der Waals surface area contributed by atoms with E-state index in [0.717, 1.165) is 11.1 Å². The molecule has 1 amide bonds. The van der Waals surface area contributed by atoms with Gasteiger partial charge in [0.05, 0.1) is 6.04 Å². The summed E-state index contributed by atoms with van der Waals surface area (Å²) in [6.45, 7) is 4.25. The Morgan fingerprint density at radius 1 is 1.16 bits per heavy atom. The molecule has 1 saturated heterocycles. The summed E-state index contributed by atoms with van der Waals surface area (Å²) >= 11 is 0. The number of benzene rings is 1. The van der Waals surface area contributed by atoms with E-state index >= 15 is 0 Å². The molecule has 3 heterocycles. The first-order valence-corrected chi connectivity index (χ1v) is 10.7. The summed E-state index contributed by atoms with van der Waals surface area (Å²) in [4.78, 5) is 26.9. The smallest absolute Gasteiger partial charge is 0.278 e. The van der Waals surface area contributed by atoms with Crippen LogP contribution in [0.3, 0.4) is 0 Å². The van der Waals surface area contributed by atoms with E-state index in [-0.39, 0.29) is 30.2 Å². The molecule has 0 spiro atoms. The van der Waals surface area contributed by atoms with Gasteiger partial charge in [0.1, 0.15) is 6.17 Å². The fourth-order valence-corrected chi connectivity index (χ4v) is 5.12. The Morgan fingerprint density at radius 3 is 2.58 bits per heavy atom. The molecule has 2 aliphatic heterocycles. The van der Waals surface area contributed by atoms with Gasteiger partial charge in [0, 0.05) is 25.2 Å². The second-order valence-electron chi connectivity index (χ2n) is 8.28. The molecule has 3 unspecified atom stereocenters. The van der Waals surface area contributed by atoms with Gasteiger partial charge in [0.2, 0.25) is 11.9 Å². The molecular formula is C23H27F2N3O3. The van der Waals surface area contributed by atoms with Gasteiger partial charge in [-0.25, -0.2) is 8.78 Å². The lowest BCUT2D eigenvalue weighted by molar-refractivity contribution is 0.0399. The van der Waals surface area contributed by atoms with E-state index in [2.05, 4.69) is 0 Å². The van der Waals surface area contributed by atoms with Crippen LogP contribution in [-0.2, 0) is 0 Å². The molecule has 31 heavy (non-hydrogen) atoms. The third-order valence-electron chi connectivity index (χ3n) is 6.56. The fraction of sp³-hybridized carbons (Fsp3) is 0.478. The Morgan fingerprint density at radius 2 is 1.90 bits per heavy atom. The number of aryl methyl sites for hydroxylation is 1. The molecule has 4 rings (SSSR count). The molecule has 1 aromatic heterocycles. The van der Waals surface area contributed by atoms with Crippen LogP contribution in [0.2, 0.25) is 0 Å². The highest BCUT2D eigenvalue weighted by molar-refractivity contribution is 5.96. The van der Waals surface area contributed by atoms with Gasteiger partial charge in [-0.1, -0.05) is 24.3 Å². The van der Waals surface area contributed by atoms with Gasteiger partial charge >= 0.3 is 0 Å². The zero-order chi connectivity index (χ0) is 22.3. The highest BCUT2D eigenvalue weighted by atomic mass is 19.3. The van der Waals surface area contributed by atoms with E-state index in [4.69, 9.17) is 0 Å². The van der Waals surface area contributed by atoms with Crippen LogP contribution in [0.4, 0.5) is 8.78 Å². The monoisotopic (exact) mass is 431 g/mol. The average Bonchev–Trinajstić information content (AvgIpc) is 2.75. The van der Waals surface area contributed by atoms with Crippen molar-refractivity contribution >= 4 is 5.91 Å². The van der Waals surface area contributed by atoms with Crippen LogP contribution in [0.5, 0.6) is 5.75 Å². The van der Waals surface area contributed by atoms with Crippen molar-refractivity contribution in [2.45, 2.75) is 58.2 Å². The minimum atomic E-state index is -2.38. The molecule has 1 aromatic carbocycles. The van der Waals surface area contributed by atoms with Crippen molar-refractivity contribution < 1.29 is 18.7 Å². The predicted octanol–water partition coefficient (Wildman–Crippen LogP) is 3.80. The van der Waals surface area contributed by atoms with Crippen LogP contribution in [0.1, 0.15) is 60.3 Å². The van der Waals surface area contributed by atoms with E-state index in [0.29, 0.717) is 25.8 Å². The largest absolute Gasteiger partial charge is 0.502 e. The Hall–Kier alpha value is -2.90. The number of aromatic hydroxyl groups is 1. The maximum Gasteiger partial charge on any atom is 0.278 e. The minimum Gasteiger partial charge on any atom is -0.502 e. The number of alkyl halides is 2. The SMILES string of the molecule is CCN1C(=O)c2c(O)c(=O)ccn2N2C(c3ccccc3C)C(CCC(F)F)CCC12. The maximum absolute atomic E-state index is 13.2. The highest BCUT2D eigenvalue weighted by Crippen LogP contribution is 2.44. The van der Waals surface area contributed by atoms with Gasteiger partial charge in [-0.2, -0.15) is 0 Å². The van der Waals surface area contributed by atoms with E-state index in [1.165, 1.54) is 12.3 Å². The van der Waals surface area contributed by atoms with Gasteiger partial charge in [0.25, 0.3) is 5.91 Å². The zero-order valence-electron chi connectivity index (χ0n) is 17.7. The summed E-state index contributed by atoms with van der Waals surface area (Å²) < 4.78 is 27.8. The number of carbonyl (C=O) groups excluding carboxylic acids is 1. The molecule has 3 atom stereocenters. The number of piperidine rings is 1. The minimum absolute atomic E-state index is 0.0623. The second-order valence-corrected chi connectivity index (χ2v) is 8.28. The fourth-order valence-electron chi connectivity index (χ4n) is 5.12. The standard InChI is InChI=1S/C23H27F2N3O3/c1-3-26-19-11-9-15(8-10-18(24)25)20(16-7-5-4-6-14(16)2)28(19)27-13-12-17(29)22(30)21(27)23(26)31/h4-7,12-13,15,18-20,30H,3,8-11H2,1-2H3. The number of carbonyl (C=O) groups is 1. The number of hydrogen-bond acceptors (Lipinski definition) is 4. The first kappa shape index (κ1) is 21.3. The van der Waals surface area contributed by atoms with Crippen LogP contribution in [0.15, 0.2) is 41.3 Å². The number of hydrogen-bond donors (Lipinski definition) is 1. The highest BCUT2D eigenvalue weighted by Gasteiger charge is 2.47. The molecule has 0 saturated carbocycles. The first-order valence-electron chi connectivity index (χ1n) is 10.7. The zero-order valence-corrected chi connectivity index (χ0v) is 17.7. The third kappa shape index (κ3) is 3.58. The molecular weight excluding hydrogens is 404 g/mol. The topological polar surface area (TPSA) is 65.8 Å². The van der Waals surface area contributed by atoms with Crippen LogP contribution in [-0.4, -0.2) is 39.7 Å². The molecule has 2 aliphatic rings. The van der Waals surface area contributed by atoms with Crippen molar-refractivity contribution in [1.82, 2.24) is 9.58 Å². The van der Waals surface area contributed by atoms with Crippen molar-refractivity contribution in [3.63, 3.8) is 0 Å². The molecule has 166 valence electrons. The van der Waals surface area contributed by atoms with Crippen molar-refractivity contribution in [2.75, 3.05) is 11.6 Å². The average molecular weight is 431 g/mol. The number of nitrogens with zero attached hydrogens (tertiary/aromatic N) is 3. The van der Waals surface area contributed by atoms with Crippen LogP contribution < -0.4 is 10.4 Å². The summed E-state index contributed by atoms with van der Waals surface area (Å²) in [6.07, 6.45) is 0.332. The summed E-state index contributed by atoms with van der Waals surface area (Å²) in [6, 6.07) is 8.80. The van der Waals surface area contributed by atoms with Crippen molar-refractivity contribution in [3.05, 3.63) is 63.6 Å². The maximum atomic E-state index is 13.2. The second kappa shape index (κ2) is 8.32. The van der Waals surface area contributed by atoms with Gasteiger partial charge in [-0.15, -0.1) is 0 Å². The Bertz CT molecular complexity index is 1040. The quantitative estimate of drug-likeness (QED) is 0.782. The van der Waals surface area contributed by atoms with Gasteiger partial charge in [-0.3, -0.25) is 19.3 Å². The molecule has 8 heteroatoms. The molecule has 1 fully saturated rings. The van der Waals surface area contributed by atoms with Crippen LogP contribution in [0.25, 0.3) is 0 Å². The number of rotatable bonds is 5. The Kier molecular flexibility index (Phi) is 5.73. The van der Waals surface area contributed by atoms with E-state index in [9.17, 15) is 23.5 Å². The molecule has 6 nitrogen and oxygen atoms in total. The Labute approximate surface area is 179 Å². The number of halogens is 2. The van der Waals surface area contributed by atoms with Gasteiger partial charge < -0.3 is 10.0 Å².